The van der Waals surface area contributed by atoms with Crippen molar-refractivity contribution in [2.24, 2.45) is 0 Å². The Labute approximate surface area is 98.6 Å². The molecular formula is C12H26N2O2. The lowest BCUT2D eigenvalue weighted by Crippen LogP contribution is -2.52. The lowest BCUT2D eigenvalue weighted by molar-refractivity contribution is 0.0844. The van der Waals surface area contributed by atoms with Gasteiger partial charge in [0, 0.05) is 24.7 Å². The number of hydrogen-bond donors (Lipinski definition) is 3. The number of likely N-dealkylation sites (tertiary alicyclic amines) is 1. The molecule has 0 bridgehead atoms. The summed E-state index contributed by atoms with van der Waals surface area (Å²) in [6.45, 7) is 8.92. The Hall–Kier alpha value is -0.160. The van der Waals surface area contributed by atoms with Gasteiger partial charge in [-0.1, -0.05) is 0 Å². The van der Waals surface area contributed by atoms with Crippen molar-refractivity contribution in [3.05, 3.63) is 0 Å². The Balaban J connectivity index is 2.32. The Morgan fingerprint density at radius 1 is 1.19 bits per heavy atom. The van der Waals surface area contributed by atoms with Crippen LogP contribution in [0.1, 0.15) is 33.6 Å². The van der Waals surface area contributed by atoms with Gasteiger partial charge in [-0.25, -0.2) is 0 Å². The number of piperidine rings is 1. The molecule has 96 valence electrons. The van der Waals surface area contributed by atoms with Gasteiger partial charge in [-0.3, -0.25) is 4.90 Å². The van der Waals surface area contributed by atoms with Crippen LogP contribution in [0.3, 0.4) is 0 Å². The topological polar surface area (TPSA) is 55.7 Å². The minimum atomic E-state index is -0.161. The third kappa shape index (κ3) is 4.01. The smallest absolute Gasteiger partial charge is 0.0607 e. The molecule has 1 saturated heterocycles. The second-order valence-electron chi connectivity index (χ2n) is 5.66. The van der Waals surface area contributed by atoms with Crippen molar-refractivity contribution in [2.45, 2.75) is 51.2 Å². The molecule has 3 N–H and O–H groups in total. The maximum atomic E-state index is 9.01. The minimum absolute atomic E-state index is 0.00991. The summed E-state index contributed by atoms with van der Waals surface area (Å²) >= 11 is 0. The van der Waals surface area contributed by atoms with Crippen LogP contribution in [0.2, 0.25) is 0 Å². The Bertz CT molecular complexity index is 192. The zero-order valence-electron chi connectivity index (χ0n) is 10.7. The molecule has 0 aromatic rings. The SMILES string of the molecule is CC(C)(C)N1CCC(NC(CO)CO)CC1. The van der Waals surface area contributed by atoms with Gasteiger partial charge in [0.25, 0.3) is 0 Å². The van der Waals surface area contributed by atoms with E-state index in [0.29, 0.717) is 6.04 Å². The predicted molar refractivity (Wildman–Crippen MR) is 65.4 cm³/mol. The van der Waals surface area contributed by atoms with Crippen LogP contribution < -0.4 is 5.32 Å². The summed E-state index contributed by atoms with van der Waals surface area (Å²) in [5.74, 6) is 0. The summed E-state index contributed by atoms with van der Waals surface area (Å²) in [5, 5.41) is 21.3. The molecule has 1 rings (SSSR count). The highest BCUT2D eigenvalue weighted by atomic mass is 16.3. The van der Waals surface area contributed by atoms with E-state index in [-0.39, 0.29) is 24.8 Å². The fourth-order valence-corrected chi connectivity index (χ4v) is 2.21. The van der Waals surface area contributed by atoms with E-state index in [1.165, 1.54) is 0 Å². The molecule has 1 heterocycles. The van der Waals surface area contributed by atoms with E-state index >= 15 is 0 Å². The van der Waals surface area contributed by atoms with E-state index < -0.39 is 0 Å². The molecule has 0 spiro atoms. The van der Waals surface area contributed by atoms with Crippen LogP contribution in [0.15, 0.2) is 0 Å². The van der Waals surface area contributed by atoms with Crippen LogP contribution in [-0.2, 0) is 0 Å². The van der Waals surface area contributed by atoms with Gasteiger partial charge in [0.2, 0.25) is 0 Å². The third-order valence-corrected chi connectivity index (χ3v) is 3.36. The fourth-order valence-electron chi connectivity index (χ4n) is 2.21. The molecule has 0 aromatic carbocycles. The molecule has 0 amide bonds. The van der Waals surface area contributed by atoms with Crippen molar-refractivity contribution < 1.29 is 10.2 Å². The van der Waals surface area contributed by atoms with Gasteiger partial charge in [0.1, 0.15) is 0 Å². The maximum absolute atomic E-state index is 9.01. The maximum Gasteiger partial charge on any atom is 0.0607 e. The highest BCUT2D eigenvalue weighted by Crippen LogP contribution is 2.20. The van der Waals surface area contributed by atoms with E-state index in [2.05, 4.69) is 31.0 Å². The fraction of sp³-hybridized carbons (Fsp3) is 1.00. The highest BCUT2D eigenvalue weighted by Gasteiger charge is 2.27. The molecule has 16 heavy (non-hydrogen) atoms. The Morgan fingerprint density at radius 2 is 1.69 bits per heavy atom. The molecule has 1 aliphatic rings. The van der Waals surface area contributed by atoms with Crippen molar-refractivity contribution in [3.8, 4) is 0 Å². The summed E-state index contributed by atoms with van der Waals surface area (Å²) in [5.41, 5.74) is 0.248. The van der Waals surface area contributed by atoms with Crippen LogP contribution in [0, 0.1) is 0 Å². The largest absolute Gasteiger partial charge is 0.395 e. The van der Waals surface area contributed by atoms with Gasteiger partial charge < -0.3 is 15.5 Å². The summed E-state index contributed by atoms with van der Waals surface area (Å²) in [7, 11) is 0. The van der Waals surface area contributed by atoms with Gasteiger partial charge >= 0.3 is 0 Å². The first-order chi connectivity index (χ1) is 7.47. The first-order valence-electron chi connectivity index (χ1n) is 6.20. The molecule has 0 radical (unpaired) electrons. The molecule has 1 aliphatic heterocycles. The highest BCUT2D eigenvalue weighted by molar-refractivity contribution is 4.85. The van der Waals surface area contributed by atoms with Gasteiger partial charge in [-0.2, -0.15) is 0 Å². The molecule has 0 aliphatic carbocycles. The lowest BCUT2D eigenvalue weighted by Gasteiger charge is -2.41. The van der Waals surface area contributed by atoms with Gasteiger partial charge in [0.05, 0.1) is 19.3 Å². The van der Waals surface area contributed by atoms with E-state index in [9.17, 15) is 0 Å². The summed E-state index contributed by atoms with van der Waals surface area (Å²) in [6.07, 6.45) is 2.18. The van der Waals surface area contributed by atoms with Crippen LogP contribution in [0.4, 0.5) is 0 Å². The molecule has 0 unspecified atom stereocenters. The third-order valence-electron chi connectivity index (χ3n) is 3.36. The number of nitrogens with one attached hydrogen (secondary N) is 1. The first-order valence-corrected chi connectivity index (χ1v) is 6.20. The second-order valence-corrected chi connectivity index (χ2v) is 5.66. The zero-order chi connectivity index (χ0) is 12.2. The van der Waals surface area contributed by atoms with E-state index in [1.807, 2.05) is 0 Å². The summed E-state index contributed by atoms with van der Waals surface area (Å²) in [4.78, 5) is 2.48. The normalized spacial score (nSPS) is 20.6. The first kappa shape index (κ1) is 13.9. The van der Waals surface area contributed by atoms with Crippen LogP contribution in [0.5, 0.6) is 0 Å². The summed E-state index contributed by atoms with van der Waals surface area (Å²) in [6, 6.07) is 0.272. The standard InChI is InChI=1S/C12H26N2O2/c1-12(2,3)14-6-4-10(5-7-14)13-11(8-15)9-16/h10-11,13,15-16H,4-9H2,1-3H3. The van der Waals surface area contributed by atoms with E-state index in [0.717, 1.165) is 25.9 Å². The Kier molecular flexibility index (Phi) is 5.18. The molecule has 0 aromatic heterocycles. The van der Waals surface area contributed by atoms with Crippen molar-refractivity contribution in [2.75, 3.05) is 26.3 Å². The molecule has 4 heteroatoms. The number of hydrogen-bond acceptors (Lipinski definition) is 4. The van der Waals surface area contributed by atoms with Gasteiger partial charge in [-0.15, -0.1) is 0 Å². The van der Waals surface area contributed by atoms with Crippen LogP contribution in [-0.4, -0.2) is 59.0 Å². The van der Waals surface area contributed by atoms with Crippen LogP contribution in [0.25, 0.3) is 0 Å². The quantitative estimate of drug-likeness (QED) is 0.645. The molecule has 1 fully saturated rings. The average Bonchev–Trinajstić information content (AvgIpc) is 2.25. The number of aliphatic hydroxyl groups is 2. The Morgan fingerprint density at radius 3 is 2.06 bits per heavy atom. The van der Waals surface area contributed by atoms with Crippen molar-refractivity contribution in [1.29, 1.82) is 0 Å². The monoisotopic (exact) mass is 230 g/mol. The molecule has 0 saturated carbocycles. The molecule has 0 atom stereocenters. The molecule has 4 nitrogen and oxygen atoms in total. The molecular weight excluding hydrogens is 204 g/mol. The van der Waals surface area contributed by atoms with Gasteiger partial charge in [0.15, 0.2) is 0 Å². The summed E-state index contributed by atoms with van der Waals surface area (Å²) < 4.78 is 0. The van der Waals surface area contributed by atoms with E-state index in [1.54, 1.807) is 0 Å². The van der Waals surface area contributed by atoms with Crippen molar-refractivity contribution >= 4 is 0 Å². The predicted octanol–water partition coefficient (Wildman–Crippen LogP) is 0.192. The second kappa shape index (κ2) is 5.96. The van der Waals surface area contributed by atoms with Crippen molar-refractivity contribution in [1.82, 2.24) is 10.2 Å². The van der Waals surface area contributed by atoms with Crippen molar-refractivity contribution in [3.63, 3.8) is 0 Å². The average molecular weight is 230 g/mol. The lowest BCUT2D eigenvalue weighted by atomic mass is 9.97. The number of nitrogens with zero attached hydrogens (tertiary/aromatic N) is 1. The number of rotatable bonds is 4. The van der Waals surface area contributed by atoms with Gasteiger partial charge in [-0.05, 0) is 33.6 Å². The number of aliphatic hydroxyl groups excluding tert-OH is 2. The van der Waals surface area contributed by atoms with E-state index in [4.69, 9.17) is 10.2 Å². The minimum Gasteiger partial charge on any atom is -0.395 e. The van der Waals surface area contributed by atoms with Crippen LogP contribution >= 0.6 is 0 Å². The zero-order valence-corrected chi connectivity index (χ0v) is 10.7.